The molecule has 0 aliphatic rings. The van der Waals surface area contributed by atoms with E-state index in [1.165, 1.54) is 5.56 Å². The number of carbonyl (C=O) groups excluding carboxylic acids is 1. The molecule has 3 aromatic rings. The van der Waals surface area contributed by atoms with Crippen molar-refractivity contribution in [1.82, 2.24) is 14.5 Å². The first kappa shape index (κ1) is 15.5. The van der Waals surface area contributed by atoms with Gasteiger partial charge in [0.05, 0.1) is 11.2 Å². The van der Waals surface area contributed by atoms with Gasteiger partial charge in [0.2, 0.25) is 0 Å². The van der Waals surface area contributed by atoms with Crippen molar-refractivity contribution in [2.45, 2.75) is 17.7 Å². The lowest BCUT2D eigenvalue weighted by Gasteiger charge is -2.06. The fraction of sp³-hybridized carbons (Fsp3) is 0.167. The number of Topliss-reactive ketones (excluding diaryl/α,β-unsaturated/α-hetero) is 1. The number of ketones is 1. The lowest BCUT2D eigenvalue weighted by Crippen LogP contribution is -1.95. The van der Waals surface area contributed by atoms with Gasteiger partial charge in [-0.25, -0.2) is 4.98 Å². The van der Waals surface area contributed by atoms with Crippen molar-refractivity contribution in [3.8, 4) is 11.4 Å². The first-order valence-corrected chi connectivity index (χ1v) is 8.28. The summed E-state index contributed by atoms with van der Waals surface area (Å²) in [5.74, 6) is 1.84. The van der Waals surface area contributed by atoms with Gasteiger partial charge in [0.25, 0.3) is 0 Å². The lowest BCUT2D eigenvalue weighted by molar-refractivity contribution is 0.101. The number of nitrogens with zero attached hydrogens (tertiary/aromatic N) is 3. The topological polar surface area (TPSA) is 47.8 Å². The van der Waals surface area contributed by atoms with Crippen molar-refractivity contribution >= 4 is 17.5 Å². The highest BCUT2D eigenvalue weighted by Gasteiger charge is 2.09. The summed E-state index contributed by atoms with van der Waals surface area (Å²) in [4.78, 5) is 19.9. The normalized spacial score (nSPS) is 10.7. The number of benzene rings is 1. The minimum Gasteiger partial charge on any atom is -0.322 e. The van der Waals surface area contributed by atoms with Gasteiger partial charge < -0.3 is 4.57 Å². The van der Waals surface area contributed by atoms with Gasteiger partial charge in [-0.15, -0.1) is 11.8 Å². The van der Waals surface area contributed by atoms with Crippen LogP contribution < -0.4 is 0 Å². The van der Waals surface area contributed by atoms with Crippen molar-refractivity contribution < 1.29 is 4.79 Å². The second-order valence-electron chi connectivity index (χ2n) is 5.26. The van der Waals surface area contributed by atoms with E-state index in [0.29, 0.717) is 0 Å². The zero-order valence-electron chi connectivity index (χ0n) is 13.1. The van der Waals surface area contributed by atoms with Gasteiger partial charge in [-0.2, -0.15) is 0 Å². The molecule has 0 amide bonds. The summed E-state index contributed by atoms with van der Waals surface area (Å²) in [6.45, 7) is 1.58. The Kier molecular flexibility index (Phi) is 4.57. The van der Waals surface area contributed by atoms with Crippen molar-refractivity contribution in [2.75, 3.05) is 0 Å². The van der Waals surface area contributed by atoms with Crippen LogP contribution in [-0.2, 0) is 12.8 Å². The third kappa shape index (κ3) is 3.51. The van der Waals surface area contributed by atoms with Crippen LogP contribution in [-0.4, -0.2) is 20.3 Å². The van der Waals surface area contributed by atoms with Crippen LogP contribution in [0.25, 0.3) is 11.4 Å². The van der Waals surface area contributed by atoms with E-state index in [0.717, 1.165) is 27.7 Å². The Morgan fingerprint density at radius 2 is 1.96 bits per heavy atom. The molecule has 0 saturated carbocycles. The van der Waals surface area contributed by atoms with Gasteiger partial charge in [-0.05, 0) is 24.6 Å². The van der Waals surface area contributed by atoms with Crippen LogP contribution in [0.4, 0.5) is 0 Å². The molecule has 2 aromatic heterocycles. The molecule has 3 rings (SSSR count). The van der Waals surface area contributed by atoms with Crippen molar-refractivity contribution in [3.05, 3.63) is 66.1 Å². The van der Waals surface area contributed by atoms with Crippen molar-refractivity contribution in [3.63, 3.8) is 0 Å². The third-order valence-corrected chi connectivity index (χ3v) is 4.77. The molecule has 5 heteroatoms. The van der Waals surface area contributed by atoms with Crippen molar-refractivity contribution in [1.29, 1.82) is 0 Å². The first-order valence-electron chi connectivity index (χ1n) is 7.30. The molecule has 0 saturated heterocycles. The van der Waals surface area contributed by atoms with E-state index in [9.17, 15) is 4.79 Å². The molecule has 2 heterocycles. The van der Waals surface area contributed by atoms with Crippen LogP contribution in [0.3, 0.4) is 0 Å². The Labute approximate surface area is 139 Å². The number of carbonyl (C=O) groups is 1. The van der Waals surface area contributed by atoms with Crippen LogP contribution in [0.15, 0.2) is 60.0 Å². The fourth-order valence-electron chi connectivity index (χ4n) is 2.28. The summed E-state index contributed by atoms with van der Waals surface area (Å²) in [5.41, 5.74) is 2.94. The summed E-state index contributed by atoms with van der Waals surface area (Å²) < 4.78 is 2.08. The van der Waals surface area contributed by atoms with E-state index < -0.39 is 0 Å². The number of imidazole rings is 1. The lowest BCUT2D eigenvalue weighted by atomic mass is 10.1. The molecule has 116 valence electrons. The van der Waals surface area contributed by atoms with E-state index in [2.05, 4.69) is 14.5 Å². The van der Waals surface area contributed by atoms with Gasteiger partial charge >= 0.3 is 0 Å². The van der Waals surface area contributed by atoms with Crippen LogP contribution in [0, 0.1) is 0 Å². The smallest absolute Gasteiger partial charge is 0.159 e. The van der Waals surface area contributed by atoms with Crippen LogP contribution in [0.2, 0.25) is 0 Å². The average Bonchev–Trinajstić information content (AvgIpc) is 2.95. The fourth-order valence-corrected chi connectivity index (χ4v) is 3.20. The van der Waals surface area contributed by atoms with Gasteiger partial charge in [-0.1, -0.05) is 24.3 Å². The zero-order chi connectivity index (χ0) is 16.2. The maximum atomic E-state index is 11.3. The predicted octanol–water partition coefficient (Wildman–Crippen LogP) is 3.98. The second-order valence-corrected chi connectivity index (χ2v) is 6.26. The number of hydrogen-bond donors (Lipinski definition) is 0. The summed E-state index contributed by atoms with van der Waals surface area (Å²) in [6.07, 6.45) is 5.46. The molecule has 0 aliphatic carbocycles. The number of pyridine rings is 1. The Bertz CT molecular complexity index is 810. The molecule has 0 spiro atoms. The van der Waals surface area contributed by atoms with Gasteiger partial charge in [0.1, 0.15) is 5.82 Å². The zero-order valence-corrected chi connectivity index (χ0v) is 13.9. The standard InChI is InChI=1S/C18H17N3OS/c1-13(22)15-7-5-14(6-8-15)12-23-17-11-20-18(21(17)2)16-4-3-9-19-10-16/h3-11H,12H2,1-2H3. The number of aromatic nitrogens is 3. The van der Waals surface area contributed by atoms with E-state index >= 15 is 0 Å². The van der Waals surface area contributed by atoms with Gasteiger partial charge in [0.15, 0.2) is 5.78 Å². The molecular formula is C18H17N3OS. The van der Waals surface area contributed by atoms with E-state index in [1.807, 2.05) is 55.8 Å². The number of rotatable bonds is 5. The van der Waals surface area contributed by atoms with E-state index in [4.69, 9.17) is 0 Å². The monoisotopic (exact) mass is 323 g/mol. The summed E-state index contributed by atoms with van der Waals surface area (Å²) in [5, 5.41) is 1.10. The first-order chi connectivity index (χ1) is 11.1. The number of thioether (sulfide) groups is 1. The molecule has 0 bridgehead atoms. The Balaban J connectivity index is 1.72. The highest BCUT2D eigenvalue weighted by atomic mass is 32.2. The second kappa shape index (κ2) is 6.79. The molecular weight excluding hydrogens is 306 g/mol. The molecule has 0 radical (unpaired) electrons. The maximum absolute atomic E-state index is 11.3. The van der Waals surface area contributed by atoms with E-state index in [-0.39, 0.29) is 5.78 Å². The molecule has 0 aliphatic heterocycles. The predicted molar refractivity (Wildman–Crippen MR) is 92.4 cm³/mol. The Morgan fingerprint density at radius 3 is 2.61 bits per heavy atom. The van der Waals surface area contributed by atoms with Gasteiger partial charge in [0, 0.05) is 36.3 Å². The molecule has 0 atom stereocenters. The summed E-state index contributed by atoms with van der Waals surface area (Å²) in [6, 6.07) is 11.7. The SMILES string of the molecule is CC(=O)c1ccc(CSc2cnc(-c3cccnc3)n2C)cc1. The molecule has 4 nitrogen and oxygen atoms in total. The molecule has 0 N–H and O–H groups in total. The summed E-state index contributed by atoms with van der Waals surface area (Å²) in [7, 11) is 2.01. The van der Waals surface area contributed by atoms with Crippen LogP contribution >= 0.6 is 11.8 Å². The van der Waals surface area contributed by atoms with Crippen LogP contribution in [0.1, 0.15) is 22.8 Å². The minimum absolute atomic E-state index is 0.0944. The molecule has 1 aromatic carbocycles. The maximum Gasteiger partial charge on any atom is 0.159 e. The highest BCUT2D eigenvalue weighted by Crippen LogP contribution is 2.26. The van der Waals surface area contributed by atoms with E-state index in [1.54, 1.807) is 24.9 Å². The molecule has 0 fully saturated rings. The van der Waals surface area contributed by atoms with Crippen LogP contribution in [0.5, 0.6) is 0 Å². The van der Waals surface area contributed by atoms with Gasteiger partial charge in [-0.3, -0.25) is 9.78 Å². The largest absolute Gasteiger partial charge is 0.322 e. The quantitative estimate of drug-likeness (QED) is 0.526. The molecule has 0 unspecified atom stereocenters. The molecule has 23 heavy (non-hydrogen) atoms. The Morgan fingerprint density at radius 1 is 1.17 bits per heavy atom. The minimum atomic E-state index is 0.0944. The van der Waals surface area contributed by atoms with Crippen molar-refractivity contribution in [2.24, 2.45) is 7.05 Å². The highest BCUT2D eigenvalue weighted by molar-refractivity contribution is 7.98. The number of hydrogen-bond acceptors (Lipinski definition) is 4. The summed E-state index contributed by atoms with van der Waals surface area (Å²) >= 11 is 1.73. The Hall–Kier alpha value is -2.40. The average molecular weight is 323 g/mol. The third-order valence-electron chi connectivity index (χ3n) is 3.61.